The Labute approximate surface area is 198 Å². The third-order valence-corrected chi connectivity index (χ3v) is 7.37. The van der Waals surface area contributed by atoms with Crippen molar-refractivity contribution in [3.05, 3.63) is 78.4 Å². The van der Waals surface area contributed by atoms with E-state index in [1.807, 2.05) is 18.2 Å². The van der Waals surface area contributed by atoms with E-state index in [0.717, 1.165) is 49.3 Å². The van der Waals surface area contributed by atoms with Gasteiger partial charge in [-0.2, -0.15) is 5.26 Å². The van der Waals surface area contributed by atoms with Crippen LogP contribution in [0.25, 0.3) is 43.8 Å². The molecule has 0 N–H and O–H groups in total. The predicted octanol–water partition coefficient (Wildman–Crippen LogP) is 6.58. The average Bonchev–Trinajstić information content (AvgIpc) is 3.29. The van der Waals surface area contributed by atoms with Gasteiger partial charge < -0.3 is 13.7 Å². The van der Waals surface area contributed by atoms with Gasteiger partial charge in [0.05, 0.1) is 22.8 Å². The van der Waals surface area contributed by atoms with Crippen LogP contribution >= 0.6 is 0 Å². The smallest absolute Gasteiger partial charge is 0.456 e. The topological polar surface area (TPSA) is 55.4 Å². The van der Waals surface area contributed by atoms with E-state index in [1.54, 1.807) is 6.07 Å². The van der Waals surface area contributed by atoms with Crippen LogP contribution < -0.4 is 5.46 Å². The molecule has 1 aliphatic rings. The van der Waals surface area contributed by atoms with Gasteiger partial charge in [-0.1, -0.05) is 42.5 Å². The van der Waals surface area contributed by atoms with Crippen molar-refractivity contribution in [3.8, 4) is 17.2 Å². The van der Waals surface area contributed by atoms with Crippen LogP contribution in [0.1, 0.15) is 33.3 Å². The van der Waals surface area contributed by atoms with Gasteiger partial charge in [-0.05, 0) is 85.4 Å². The molecular weight excluding hydrogens is 421 g/mol. The minimum Gasteiger partial charge on any atom is -0.456 e. The molecule has 1 aliphatic heterocycles. The Balaban J connectivity index is 1.52. The highest BCUT2D eigenvalue weighted by molar-refractivity contribution is 6.65. The highest BCUT2D eigenvalue weighted by Crippen LogP contribution is 2.39. The maximum Gasteiger partial charge on any atom is 0.495 e. The summed E-state index contributed by atoms with van der Waals surface area (Å²) in [6.07, 6.45) is 0. The zero-order chi connectivity index (χ0) is 23.7. The van der Waals surface area contributed by atoms with E-state index < -0.39 is 18.3 Å². The van der Waals surface area contributed by atoms with E-state index in [1.165, 1.54) is 0 Å². The summed E-state index contributed by atoms with van der Waals surface area (Å²) in [5, 5.41) is 13.5. The maximum atomic E-state index is 9.34. The van der Waals surface area contributed by atoms with Gasteiger partial charge in [0.15, 0.2) is 0 Å². The Kier molecular flexibility index (Phi) is 4.45. The van der Waals surface area contributed by atoms with Crippen molar-refractivity contribution in [1.29, 1.82) is 5.26 Å². The quantitative estimate of drug-likeness (QED) is 0.288. The van der Waals surface area contributed by atoms with Crippen LogP contribution in [0.5, 0.6) is 0 Å². The molecule has 4 nitrogen and oxygen atoms in total. The van der Waals surface area contributed by atoms with Crippen molar-refractivity contribution < 1.29 is 13.7 Å². The third-order valence-electron chi connectivity index (χ3n) is 7.37. The first-order valence-electron chi connectivity index (χ1n) is 11.5. The van der Waals surface area contributed by atoms with Gasteiger partial charge in [0.1, 0.15) is 11.2 Å². The molecular formula is C29H24BNO3. The highest BCUT2D eigenvalue weighted by Gasteiger charge is 2.52. The van der Waals surface area contributed by atoms with Crippen molar-refractivity contribution in [1.82, 2.24) is 0 Å². The predicted molar refractivity (Wildman–Crippen MR) is 137 cm³/mol. The van der Waals surface area contributed by atoms with E-state index in [9.17, 15) is 5.26 Å². The first kappa shape index (κ1) is 21.0. The summed E-state index contributed by atoms with van der Waals surface area (Å²) in [5.74, 6) is 0. The van der Waals surface area contributed by atoms with Crippen molar-refractivity contribution in [3.63, 3.8) is 0 Å². The summed E-state index contributed by atoms with van der Waals surface area (Å²) in [6, 6.07) is 26.7. The molecule has 0 saturated carbocycles. The second kappa shape index (κ2) is 7.20. The summed E-state index contributed by atoms with van der Waals surface area (Å²) in [7, 11) is -0.423. The summed E-state index contributed by atoms with van der Waals surface area (Å²) < 4.78 is 18.7. The van der Waals surface area contributed by atoms with E-state index in [0.29, 0.717) is 5.56 Å². The van der Waals surface area contributed by atoms with Crippen molar-refractivity contribution in [2.24, 2.45) is 0 Å². The molecule has 34 heavy (non-hydrogen) atoms. The van der Waals surface area contributed by atoms with Gasteiger partial charge in [0.2, 0.25) is 0 Å². The molecule has 0 spiro atoms. The number of nitriles is 1. The zero-order valence-corrected chi connectivity index (χ0v) is 19.7. The summed E-state index contributed by atoms with van der Waals surface area (Å²) in [6.45, 7) is 8.30. The Bertz CT molecular complexity index is 1620. The van der Waals surface area contributed by atoms with E-state index >= 15 is 0 Å². The molecule has 1 fully saturated rings. The lowest BCUT2D eigenvalue weighted by molar-refractivity contribution is 0.00578. The van der Waals surface area contributed by atoms with Gasteiger partial charge in [-0.3, -0.25) is 0 Å². The largest absolute Gasteiger partial charge is 0.495 e. The average molecular weight is 445 g/mol. The number of hydrogen-bond acceptors (Lipinski definition) is 4. The van der Waals surface area contributed by atoms with Gasteiger partial charge in [0.25, 0.3) is 0 Å². The number of benzene rings is 4. The Morgan fingerprint density at radius 3 is 2.06 bits per heavy atom. The fraction of sp³-hybridized carbons (Fsp3) is 0.207. The lowest BCUT2D eigenvalue weighted by Crippen LogP contribution is -2.41. The van der Waals surface area contributed by atoms with Gasteiger partial charge in [-0.25, -0.2) is 0 Å². The summed E-state index contributed by atoms with van der Waals surface area (Å²) >= 11 is 0. The number of furan rings is 1. The Hall–Kier alpha value is -3.59. The maximum absolute atomic E-state index is 9.34. The van der Waals surface area contributed by atoms with Crippen LogP contribution in [0, 0.1) is 11.3 Å². The SMILES string of the molecule is CC1(C)OB(c2ccc(-c3ccc4oc5ccc(C#N)cc5c4c3)c3ccccc23)OC1(C)C. The van der Waals surface area contributed by atoms with Crippen LogP contribution in [-0.4, -0.2) is 18.3 Å². The Morgan fingerprint density at radius 2 is 1.35 bits per heavy atom. The lowest BCUT2D eigenvalue weighted by atomic mass is 9.75. The fourth-order valence-electron chi connectivity index (χ4n) is 4.76. The van der Waals surface area contributed by atoms with Gasteiger partial charge >= 0.3 is 7.12 Å². The molecule has 166 valence electrons. The lowest BCUT2D eigenvalue weighted by Gasteiger charge is -2.32. The number of nitrogens with zero attached hydrogens (tertiary/aromatic N) is 1. The van der Waals surface area contributed by atoms with Crippen molar-refractivity contribution >= 4 is 45.3 Å². The molecule has 1 aromatic heterocycles. The van der Waals surface area contributed by atoms with Crippen LogP contribution in [0.4, 0.5) is 0 Å². The molecule has 5 heteroatoms. The Morgan fingerprint density at radius 1 is 0.706 bits per heavy atom. The molecule has 4 aromatic carbocycles. The number of hydrogen-bond donors (Lipinski definition) is 0. The minimum absolute atomic E-state index is 0.396. The molecule has 0 atom stereocenters. The molecule has 0 aliphatic carbocycles. The van der Waals surface area contributed by atoms with Gasteiger partial charge in [-0.15, -0.1) is 0 Å². The highest BCUT2D eigenvalue weighted by atomic mass is 16.7. The minimum atomic E-state index is -0.423. The number of fused-ring (bicyclic) bond motifs is 4. The molecule has 6 rings (SSSR count). The molecule has 1 saturated heterocycles. The van der Waals surface area contributed by atoms with Crippen LogP contribution in [0.3, 0.4) is 0 Å². The molecule has 0 radical (unpaired) electrons. The standard InChI is InChI=1S/C29H24BNO3/c1-28(2)29(3,4)34-30(33-28)25-12-11-20(21-7-5-6-8-22(21)25)19-10-14-27-24(16-19)23-15-18(17-31)9-13-26(23)32-27/h5-16H,1-4H3. The van der Waals surface area contributed by atoms with E-state index in [4.69, 9.17) is 13.7 Å². The van der Waals surface area contributed by atoms with Crippen molar-refractivity contribution in [2.75, 3.05) is 0 Å². The second-order valence-corrected chi connectivity index (χ2v) is 9.97. The van der Waals surface area contributed by atoms with E-state index in [-0.39, 0.29) is 0 Å². The molecule has 0 bridgehead atoms. The number of rotatable bonds is 2. The van der Waals surface area contributed by atoms with Crippen LogP contribution in [-0.2, 0) is 9.31 Å². The molecule has 0 unspecified atom stereocenters. The van der Waals surface area contributed by atoms with E-state index in [2.05, 4.69) is 82.3 Å². The fourth-order valence-corrected chi connectivity index (χ4v) is 4.76. The van der Waals surface area contributed by atoms with Crippen LogP contribution in [0.2, 0.25) is 0 Å². The van der Waals surface area contributed by atoms with Crippen LogP contribution in [0.15, 0.2) is 77.2 Å². The molecule has 5 aromatic rings. The molecule has 0 amide bonds. The summed E-state index contributed by atoms with van der Waals surface area (Å²) in [4.78, 5) is 0. The van der Waals surface area contributed by atoms with Gasteiger partial charge in [0, 0.05) is 10.8 Å². The normalized spacial score (nSPS) is 17.0. The van der Waals surface area contributed by atoms with Crippen molar-refractivity contribution in [2.45, 2.75) is 38.9 Å². The first-order chi connectivity index (χ1) is 16.3. The summed E-state index contributed by atoms with van der Waals surface area (Å²) in [5.41, 5.74) is 4.68. The first-order valence-corrected chi connectivity index (χ1v) is 11.5. The molecule has 2 heterocycles. The third kappa shape index (κ3) is 3.07. The zero-order valence-electron chi connectivity index (χ0n) is 19.7. The monoisotopic (exact) mass is 445 g/mol. The second-order valence-electron chi connectivity index (χ2n) is 9.97.